The van der Waals surface area contributed by atoms with Gasteiger partial charge in [-0.3, -0.25) is 0 Å². The predicted octanol–water partition coefficient (Wildman–Crippen LogP) is 3.77. The molecule has 19 heavy (non-hydrogen) atoms. The molecule has 0 amide bonds. The summed E-state index contributed by atoms with van der Waals surface area (Å²) in [6, 6.07) is 4.37. The summed E-state index contributed by atoms with van der Waals surface area (Å²) in [5.41, 5.74) is 9.45. The molecule has 0 aromatic heterocycles. The first-order valence-corrected chi connectivity index (χ1v) is 7.05. The first kappa shape index (κ1) is 16.0. The topological polar surface area (TPSA) is 35.2 Å². The van der Waals surface area contributed by atoms with Crippen LogP contribution in [0.15, 0.2) is 12.1 Å². The van der Waals surface area contributed by atoms with Crippen molar-refractivity contribution in [3.63, 3.8) is 0 Å². The van der Waals surface area contributed by atoms with Gasteiger partial charge in [0.05, 0.1) is 12.1 Å². The smallest absolute Gasteiger partial charge is 0.125 e. The van der Waals surface area contributed by atoms with Crippen LogP contribution >= 0.6 is 12.2 Å². The summed E-state index contributed by atoms with van der Waals surface area (Å²) in [5.74, 6) is 1.15. The van der Waals surface area contributed by atoms with Gasteiger partial charge in [0.15, 0.2) is 0 Å². The normalized spacial score (nSPS) is 13.2. The fraction of sp³-hybridized carbons (Fsp3) is 0.562. The number of benzene rings is 1. The van der Waals surface area contributed by atoms with Crippen molar-refractivity contribution in [2.45, 2.75) is 46.5 Å². The van der Waals surface area contributed by atoms with E-state index in [-0.39, 0.29) is 11.3 Å². The Bertz CT molecular complexity index is 474. The third-order valence-electron chi connectivity index (χ3n) is 3.33. The molecule has 106 valence electrons. The molecule has 2 nitrogen and oxygen atoms in total. The van der Waals surface area contributed by atoms with Crippen LogP contribution in [0.2, 0.25) is 0 Å². The van der Waals surface area contributed by atoms with E-state index in [1.807, 2.05) is 0 Å². The van der Waals surface area contributed by atoms with Gasteiger partial charge in [0.1, 0.15) is 5.75 Å². The molecule has 0 aliphatic carbocycles. The van der Waals surface area contributed by atoms with E-state index >= 15 is 0 Å². The molecule has 2 N–H and O–H groups in total. The number of aryl methyl sites for hydroxylation is 1. The van der Waals surface area contributed by atoms with E-state index in [1.165, 1.54) is 16.7 Å². The first-order valence-electron chi connectivity index (χ1n) is 6.64. The average Bonchev–Trinajstić information content (AvgIpc) is 2.26. The van der Waals surface area contributed by atoms with Crippen molar-refractivity contribution < 1.29 is 4.74 Å². The van der Waals surface area contributed by atoms with Gasteiger partial charge in [-0.05, 0) is 24.3 Å². The Kier molecular flexibility index (Phi) is 4.97. The van der Waals surface area contributed by atoms with E-state index in [0.29, 0.717) is 4.99 Å². The summed E-state index contributed by atoms with van der Waals surface area (Å²) in [6.45, 7) is 10.8. The maximum Gasteiger partial charge on any atom is 0.125 e. The third-order valence-corrected chi connectivity index (χ3v) is 3.74. The lowest BCUT2D eigenvalue weighted by Crippen LogP contribution is -2.21. The summed E-state index contributed by atoms with van der Waals surface area (Å²) in [4.78, 5) is 0.556. The Morgan fingerprint density at radius 2 is 1.95 bits per heavy atom. The summed E-state index contributed by atoms with van der Waals surface area (Å²) in [6.07, 6.45) is 0.823. The standard InChI is InChI=1S/C16H25NOS/c1-10-7-12(9-11(2)15(17)19)14(18-6)13(8-10)16(3,4)5/h7-8,11H,9H2,1-6H3,(H2,17,19). The Morgan fingerprint density at radius 1 is 1.37 bits per heavy atom. The molecule has 1 aromatic rings. The van der Waals surface area contributed by atoms with Crippen LogP contribution in [0.25, 0.3) is 0 Å². The summed E-state index contributed by atoms with van der Waals surface area (Å²) in [5, 5.41) is 0. The summed E-state index contributed by atoms with van der Waals surface area (Å²) in [7, 11) is 1.73. The number of hydrogen-bond donors (Lipinski definition) is 1. The summed E-state index contributed by atoms with van der Waals surface area (Å²) < 4.78 is 5.65. The number of methoxy groups -OCH3 is 1. The Balaban J connectivity index is 3.31. The zero-order chi connectivity index (χ0) is 14.8. The van der Waals surface area contributed by atoms with Gasteiger partial charge in [0.25, 0.3) is 0 Å². The fourth-order valence-electron chi connectivity index (χ4n) is 2.23. The molecule has 1 rings (SSSR count). The molecular weight excluding hydrogens is 254 g/mol. The second kappa shape index (κ2) is 5.91. The van der Waals surface area contributed by atoms with Gasteiger partial charge in [-0.15, -0.1) is 0 Å². The predicted molar refractivity (Wildman–Crippen MR) is 86.1 cm³/mol. The van der Waals surface area contributed by atoms with Crippen LogP contribution in [-0.2, 0) is 11.8 Å². The highest BCUT2D eigenvalue weighted by Gasteiger charge is 2.22. The van der Waals surface area contributed by atoms with Crippen LogP contribution < -0.4 is 10.5 Å². The van der Waals surface area contributed by atoms with E-state index in [2.05, 4.69) is 46.8 Å². The molecule has 1 unspecified atom stereocenters. The van der Waals surface area contributed by atoms with Crippen LogP contribution in [-0.4, -0.2) is 12.1 Å². The Hall–Kier alpha value is -1.09. The zero-order valence-corrected chi connectivity index (χ0v) is 13.6. The van der Waals surface area contributed by atoms with Crippen LogP contribution in [0.1, 0.15) is 44.4 Å². The molecule has 0 fully saturated rings. The van der Waals surface area contributed by atoms with E-state index in [0.717, 1.165) is 12.2 Å². The minimum absolute atomic E-state index is 0.0541. The van der Waals surface area contributed by atoms with E-state index in [4.69, 9.17) is 22.7 Å². The van der Waals surface area contributed by atoms with Gasteiger partial charge in [-0.25, -0.2) is 0 Å². The second-order valence-electron chi connectivity index (χ2n) is 6.26. The molecule has 0 heterocycles. The van der Waals surface area contributed by atoms with Crippen molar-refractivity contribution in [2.24, 2.45) is 11.7 Å². The lowest BCUT2D eigenvalue weighted by atomic mass is 9.83. The highest BCUT2D eigenvalue weighted by molar-refractivity contribution is 7.80. The van der Waals surface area contributed by atoms with Crippen molar-refractivity contribution in [1.82, 2.24) is 0 Å². The van der Waals surface area contributed by atoms with Gasteiger partial charge < -0.3 is 10.5 Å². The molecule has 0 aliphatic rings. The quantitative estimate of drug-likeness (QED) is 0.852. The van der Waals surface area contributed by atoms with E-state index < -0.39 is 0 Å². The van der Waals surface area contributed by atoms with Crippen LogP contribution in [0.4, 0.5) is 0 Å². The van der Waals surface area contributed by atoms with Gasteiger partial charge in [0, 0.05) is 11.5 Å². The van der Waals surface area contributed by atoms with Gasteiger partial charge >= 0.3 is 0 Å². The highest BCUT2D eigenvalue weighted by atomic mass is 32.1. The van der Waals surface area contributed by atoms with E-state index in [9.17, 15) is 0 Å². The molecule has 0 saturated heterocycles. The molecule has 0 saturated carbocycles. The zero-order valence-electron chi connectivity index (χ0n) is 12.8. The van der Waals surface area contributed by atoms with Crippen molar-refractivity contribution in [1.29, 1.82) is 0 Å². The van der Waals surface area contributed by atoms with Crippen LogP contribution in [0, 0.1) is 12.8 Å². The maximum absolute atomic E-state index is 5.73. The van der Waals surface area contributed by atoms with Crippen molar-refractivity contribution in [2.75, 3.05) is 7.11 Å². The Morgan fingerprint density at radius 3 is 2.37 bits per heavy atom. The van der Waals surface area contributed by atoms with Crippen molar-refractivity contribution in [3.05, 3.63) is 28.8 Å². The molecule has 0 aliphatic heterocycles. The highest BCUT2D eigenvalue weighted by Crippen LogP contribution is 2.36. The van der Waals surface area contributed by atoms with Gasteiger partial charge in [-0.2, -0.15) is 0 Å². The van der Waals surface area contributed by atoms with Crippen molar-refractivity contribution >= 4 is 17.2 Å². The lowest BCUT2D eigenvalue weighted by Gasteiger charge is -2.25. The number of thiocarbonyl (C=S) groups is 1. The fourth-order valence-corrected chi connectivity index (χ4v) is 2.31. The SMILES string of the molecule is COc1c(CC(C)C(N)=S)cc(C)cc1C(C)(C)C. The number of hydrogen-bond acceptors (Lipinski definition) is 2. The average molecular weight is 279 g/mol. The third kappa shape index (κ3) is 3.93. The van der Waals surface area contributed by atoms with E-state index in [1.54, 1.807) is 7.11 Å². The number of rotatable bonds is 4. The molecule has 3 heteroatoms. The number of ether oxygens (including phenoxy) is 1. The molecular formula is C16H25NOS. The largest absolute Gasteiger partial charge is 0.496 e. The van der Waals surface area contributed by atoms with Crippen molar-refractivity contribution in [3.8, 4) is 5.75 Å². The number of nitrogens with two attached hydrogens (primary N) is 1. The van der Waals surface area contributed by atoms with Crippen LogP contribution in [0.5, 0.6) is 5.75 Å². The molecule has 0 bridgehead atoms. The maximum atomic E-state index is 5.73. The molecule has 1 atom stereocenters. The lowest BCUT2D eigenvalue weighted by molar-refractivity contribution is 0.391. The first-order chi connectivity index (χ1) is 8.66. The molecule has 0 radical (unpaired) electrons. The molecule has 0 spiro atoms. The second-order valence-corrected chi connectivity index (χ2v) is 6.73. The van der Waals surface area contributed by atoms with Gasteiger partial charge in [0.2, 0.25) is 0 Å². The monoisotopic (exact) mass is 279 g/mol. The molecule has 1 aromatic carbocycles. The van der Waals surface area contributed by atoms with Gasteiger partial charge in [-0.1, -0.05) is 57.6 Å². The minimum Gasteiger partial charge on any atom is -0.496 e. The van der Waals surface area contributed by atoms with Crippen LogP contribution in [0.3, 0.4) is 0 Å². The summed E-state index contributed by atoms with van der Waals surface area (Å²) >= 11 is 5.07. The minimum atomic E-state index is 0.0541. The Labute approximate surface area is 122 Å².